The highest BCUT2D eigenvalue weighted by Crippen LogP contribution is 2.32. The molecule has 0 radical (unpaired) electrons. The molecule has 12 heavy (non-hydrogen) atoms. The number of epoxide rings is 1. The van der Waals surface area contributed by atoms with Gasteiger partial charge >= 0.3 is 0 Å². The molecule has 0 spiro atoms. The lowest BCUT2D eigenvalue weighted by molar-refractivity contribution is 0.165. The SMILES string of the molecule is CN1CCCCC1CC1OC1S. The molecule has 0 N–H and O–H groups in total. The second-order valence-electron chi connectivity index (χ2n) is 3.93. The van der Waals surface area contributed by atoms with Crippen molar-refractivity contribution in [2.24, 2.45) is 0 Å². The maximum atomic E-state index is 5.31. The van der Waals surface area contributed by atoms with Crippen molar-refractivity contribution in [1.29, 1.82) is 0 Å². The van der Waals surface area contributed by atoms with Crippen LogP contribution in [0.3, 0.4) is 0 Å². The first-order chi connectivity index (χ1) is 5.77. The fourth-order valence-corrected chi connectivity index (χ4v) is 2.29. The normalized spacial score (nSPS) is 43.0. The van der Waals surface area contributed by atoms with Crippen LogP contribution >= 0.6 is 12.6 Å². The van der Waals surface area contributed by atoms with Crippen LogP contribution in [0.15, 0.2) is 0 Å². The van der Waals surface area contributed by atoms with Crippen molar-refractivity contribution in [1.82, 2.24) is 4.90 Å². The van der Waals surface area contributed by atoms with E-state index >= 15 is 0 Å². The predicted octanol–water partition coefficient (Wildman–Crippen LogP) is 1.52. The zero-order valence-electron chi connectivity index (χ0n) is 7.57. The molecular formula is C9H17NOS. The van der Waals surface area contributed by atoms with Crippen molar-refractivity contribution in [3.8, 4) is 0 Å². The molecule has 0 aromatic heterocycles. The van der Waals surface area contributed by atoms with Gasteiger partial charge in [-0.15, -0.1) is 12.6 Å². The van der Waals surface area contributed by atoms with Crippen LogP contribution in [0.25, 0.3) is 0 Å². The standard InChI is InChI=1S/C9H17NOS/c1-10-5-3-2-4-7(10)6-8-9(12)11-8/h7-9,12H,2-6H2,1H3. The minimum Gasteiger partial charge on any atom is -0.358 e. The van der Waals surface area contributed by atoms with Crippen molar-refractivity contribution < 1.29 is 4.74 Å². The number of rotatable bonds is 2. The Morgan fingerprint density at radius 1 is 1.50 bits per heavy atom. The highest BCUT2D eigenvalue weighted by Gasteiger charge is 2.38. The summed E-state index contributed by atoms with van der Waals surface area (Å²) in [5, 5.41) is 0. The fourth-order valence-electron chi connectivity index (χ4n) is 2.02. The van der Waals surface area contributed by atoms with Crippen LogP contribution in [0, 0.1) is 0 Å². The predicted molar refractivity (Wildman–Crippen MR) is 52.5 cm³/mol. The van der Waals surface area contributed by atoms with E-state index in [1.165, 1.54) is 32.2 Å². The highest BCUT2D eigenvalue weighted by atomic mass is 32.1. The molecule has 0 amide bonds. The summed E-state index contributed by atoms with van der Waals surface area (Å²) in [6, 6.07) is 0.751. The maximum Gasteiger partial charge on any atom is 0.127 e. The van der Waals surface area contributed by atoms with Crippen LogP contribution in [0.2, 0.25) is 0 Å². The summed E-state index contributed by atoms with van der Waals surface area (Å²) in [5.74, 6) is 0. The van der Waals surface area contributed by atoms with Gasteiger partial charge in [0.15, 0.2) is 0 Å². The van der Waals surface area contributed by atoms with Crippen molar-refractivity contribution in [3.63, 3.8) is 0 Å². The average Bonchev–Trinajstić information content (AvgIpc) is 2.72. The van der Waals surface area contributed by atoms with E-state index in [0.717, 1.165) is 6.04 Å². The van der Waals surface area contributed by atoms with Gasteiger partial charge < -0.3 is 9.64 Å². The monoisotopic (exact) mass is 187 g/mol. The molecule has 2 aliphatic rings. The zero-order chi connectivity index (χ0) is 8.55. The van der Waals surface area contributed by atoms with E-state index in [1.807, 2.05) is 0 Å². The third-order valence-electron chi connectivity index (χ3n) is 2.98. The zero-order valence-corrected chi connectivity index (χ0v) is 8.46. The number of hydrogen-bond acceptors (Lipinski definition) is 3. The summed E-state index contributed by atoms with van der Waals surface area (Å²) < 4.78 is 5.31. The van der Waals surface area contributed by atoms with E-state index in [1.54, 1.807) is 0 Å². The number of likely N-dealkylation sites (tertiary alicyclic amines) is 1. The summed E-state index contributed by atoms with van der Waals surface area (Å²) in [6.07, 6.45) is 5.72. The highest BCUT2D eigenvalue weighted by molar-refractivity contribution is 7.81. The molecule has 70 valence electrons. The molecule has 2 aliphatic heterocycles. The van der Waals surface area contributed by atoms with Gasteiger partial charge in [-0.3, -0.25) is 0 Å². The van der Waals surface area contributed by atoms with Crippen LogP contribution in [0.4, 0.5) is 0 Å². The van der Waals surface area contributed by atoms with Gasteiger partial charge in [0.25, 0.3) is 0 Å². The smallest absolute Gasteiger partial charge is 0.127 e. The first-order valence-electron chi connectivity index (χ1n) is 4.81. The van der Waals surface area contributed by atoms with Crippen molar-refractivity contribution in [2.45, 2.75) is 43.3 Å². The van der Waals surface area contributed by atoms with Crippen LogP contribution in [0.5, 0.6) is 0 Å². The summed E-state index contributed by atoms with van der Waals surface area (Å²) in [4.78, 5) is 2.46. The molecule has 2 nitrogen and oxygen atoms in total. The molecule has 0 aromatic carbocycles. The first kappa shape index (κ1) is 8.85. The van der Waals surface area contributed by atoms with Gasteiger partial charge in [0.1, 0.15) is 5.44 Å². The Balaban J connectivity index is 1.77. The van der Waals surface area contributed by atoms with Crippen LogP contribution in [-0.4, -0.2) is 36.1 Å². The van der Waals surface area contributed by atoms with Crippen LogP contribution in [-0.2, 0) is 4.74 Å². The van der Waals surface area contributed by atoms with E-state index in [9.17, 15) is 0 Å². The molecule has 2 saturated heterocycles. The first-order valence-corrected chi connectivity index (χ1v) is 5.33. The van der Waals surface area contributed by atoms with Gasteiger partial charge in [-0.25, -0.2) is 0 Å². The van der Waals surface area contributed by atoms with Gasteiger partial charge in [0, 0.05) is 6.04 Å². The summed E-state index contributed by atoms with van der Waals surface area (Å²) >= 11 is 4.26. The van der Waals surface area contributed by atoms with Gasteiger partial charge in [-0.05, 0) is 32.9 Å². The molecule has 3 atom stereocenters. The van der Waals surface area contributed by atoms with Gasteiger partial charge in [-0.2, -0.15) is 0 Å². The Labute approximate surface area is 79.7 Å². The van der Waals surface area contributed by atoms with E-state index < -0.39 is 0 Å². The number of nitrogens with zero attached hydrogens (tertiary/aromatic N) is 1. The largest absolute Gasteiger partial charge is 0.358 e. The topological polar surface area (TPSA) is 15.8 Å². The molecule has 2 rings (SSSR count). The second kappa shape index (κ2) is 3.56. The van der Waals surface area contributed by atoms with E-state index in [2.05, 4.69) is 24.6 Å². The maximum absolute atomic E-state index is 5.31. The summed E-state index contributed by atoms with van der Waals surface area (Å²) in [7, 11) is 2.22. The Morgan fingerprint density at radius 2 is 2.25 bits per heavy atom. The number of piperidine rings is 1. The molecule has 3 unspecified atom stereocenters. The number of thiol groups is 1. The Morgan fingerprint density at radius 3 is 2.83 bits per heavy atom. The Hall–Kier alpha value is 0.270. The second-order valence-corrected chi connectivity index (χ2v) is 4.44. The molecule has 3 heteroatoms. The molecular weight excluding hydrogens is 170 g/mol. The lowest BCUT2D eigenvalue weighted by atomic mass is 9.99. The lowest BCUT2D eigenvalue weighted by Gasteiger charge is -2.32. The molecule has 0 aromatic rings. The number of ether oxygens (including phenoxy) is 1. The number of hydrogen-bond donors (Lipinski definition) is 1. The molecule has 0 bridgehead atoms. The molecule has 2 heterocycles. The van der Waals surface area contributed by atoms with Crippen molar-refractivity contribution >= 4 is 12.6 Å². The van der Waals surface area contributed by atoms with E-state index in [4.69, 9.17) is 4.74 Å². The van der Waals surface area contributed by atoms with Crippen molar-refractivity contribution in [3.05, 3.63) is 0 Å². The summed E-state index contributed by atoms with van der Waals surface area (Å²) in [6.45, 7) is 1.26. The lowest BCUT2D eigenvalue weighted by Crippen LogP contribution is -2.37. The minimum atomic E-state index is 0.236. The minimum absolute atomic E-state index is 0.236. The molecule has 0 saturated carbocycles. The van der Waals surface area contributed by atoms with Gasteiger partial charge in [0.2, 0.25) is 0 Å². The molecule has 2 fully saturated rings. The summed E-state index contributed by atoms with van der Waals surface area (Å²) in [5.41, 5.74) is 0.236. The van der Waals surface area contributed by atoms with E-state index in [-0.39, 0.29) is 5.44 Å². The van der Waals surface area contributed by atoms with Gasteiger partial charge in [0.05, 0.1) is 6.10 Å². The Bertz CT molecular complexity index is 165. The third-order valence-corrected chi connectivity index (χ3v) is 3.44. The quantitative estimate of drug-likeness (QED) is 0.521. The third kappa shape index (κ3) is 1.95. The van der Waals surface area contributed by atoms with E-state index in [0.29, 0.717) is 6.10 Å². The van der Waals surface area contributed by atoms with Crippen LogP contribution in [0.1, 0.15) is 25.7 Å². The fraction of sp³-hybridized carbons (Fsp3) is 1.00. The Kier molecular flexibility index (Phi) is 2.63. The molecule has 0 aliphatic carbocycles. The van der Waals surface area contributed by atoms with Gasteiger partial charge in [-0.1, -0.05) is 6.42 Å². The van der Waals surface area contributed by atoms with Crippen LogP contribution < -0.4 is 0 Å². The van der Waals surface area contributed by atoms with Crippen molar-refractivity contribution in [2.75, 3.05) is 13.6 Å². The average molecular weight is 187 g/mol.